The van der Waals surface area contributed by atoms with Crippen LogP contribution in [0.3, 0.4) is 0 Å². The Morgan fingerprint density at radius 1 is 1.28 bits per heavy atom. The highest BCUT2D eigenvalue weighted by Crippen LogP contribution is 2.30. The van der Waals surface area contributed by atoms with Crippen molar-refractivity contribution in [3.8, 4) is 0 Å². The predicted octanol–water partition coefficient (Wildman–Crippen LogP) is 3.58. The first-order valence-corrected chi connectivity index (χ1v) is 7.50. The summed E-state index contributed by atoms with van der Waals surface area (Å²) in [6.45, 7) is 7.32. The molecule has 1 N–H and O–H groups in total. The van der Waals surface area contributed by atoms with E-state index in [1.165, 1.54) is 5.56 Å². The van der Waals surface area contributed by atoms with Gasteiger partial charge in [-0.1, -0.05) is 6.07 Å². The lowest BCUT2D eigenvalue weighted by molar-refractivity contribution is 0.422. The van der Waals surface area contributed by atoms with E-state index >= 15 is 0 Å². The van der Waals surface area contributed by atoms with Crippen LogP contribution in [-0.2, 0) is 6.54 Å². The summed E-state index contributed by atoms with van der Waals surface area (Å²) in [4.78, 5) is 8.73. The number of pyridine rings is 1. The molecule has 0 bridgehead atoms. The minimum absolute atomic E-state index is 0.110. The molecule has 2 heterocycles. The zero-order chi connectivity index (χ0) is 13.0. The van der Waals surface area contributed by atoms with E-state index in [1.807, 2.05) is 23.8 Å². The first kappa shape index (κ1) is 13.5. The van der Waals surface area contributed by atoms with Crippen LogP contribution in [0.2, 0.25) is 0 Å². The van der Waals surface area contributed by atoms with Crippen molar-refractivity contribution in [3.05, 3.63) is 35.5 Å². The van der Waals surface area contributed by atoms with Crippen molar-refractivity contribution in [2.24, 2.45) is 0 Å². The highest BCUT2D eigenvalue weighted by Gasteiger charge is 2.12. The fourth-order valence-electron chi connectivity index (χ4n) is 1.35. The van der Waals surface area contributed by atoms with E-state index in [0.29, 0.717) is 0 Å². The molecule has 3 nitrogen and oxygen atoms in total. The number of nitrogens with zero attached hydrogens (tertiary/aromatic N) is 2. The molecule has 2 aromatic rings. The molecule has 0 atom stereocenters. The molecule has 2 aromatic heterocycles. The summed E-state index contributed by atoms with van der Waals surface area (Å²) in [5, 5.41) is 6.50. The maximum atomic E-state index is 4.44. The van der Waals surface area contributed by atoms with E-state index in [2.05, 4.69) is 42.1 Å². The fraction of sp³-hybridized carbons (Fsp3) is 0.385. The van der Waals surface area contributed by atoms with Gasteiger partial charge >= 0.3 is 0 Å². The molecule has 0 amide bonds. The monoisotopic (exact) mass is 279 g/mol. The summed E-state index contributed by atoms with van der Waals surface area (Å²) in [5.41, 5.74) is 1.33. The van der Waals surface area contributed by atoms with Gasteiger partial charge in [0.1, 0.15) is 5.03 Å². The molecule has 2 rings (SSSR count). The van der Waals surface area contributed by atoms with Crippen LogP contribution in [0.5, 0.6) is 0 Å². The van der Waals surface area contributed by atoms with Crippen LogP contribution in [0, 0.1) is 0 Å². The maximum absolute atomic E-state index is 4.44. The fourth-order valence-corrected chi connectivity index (χ4v) is 2.97. The van der Waals surface area contributed by atoms with Crippen LogP contribution >= 0.6 is 23.1 Å². The molecular weight excluding hydrogens is 262 g/mol. The summed E-state index contributed by atoms with van der Waals surface area (Å²) in [6.07, 6.45) is 3.65. The van der Waals surface area contributed by atoms with Crippen molar-refractivity contribution in [2.75, 3.05) is 0 Å². The Bertz CT molecular complexity index is 489. The Labute approximate surface area is 116 Å². The highest BCUT2D eigenvalue weighted by atomic mass is 32.2. The molecule has 18 heavy (non-hydrogen) atoms. The second-order valence-electron chi connectivity index (χ2n) is 4.97. The van der Waals surface area contributed by atoms with E-state index in [-0.39, 0.29) is 5.54 Å². The van der Waals surface area contributed by atoms with Crippen molar-refractivity contribution in [3.63, 3.8) is 0 Å². The first-order valence-electron chi connectivity index (χ1n) is 5.81. The van der Waals surface area contributed by atoms with Gasteiger partial charge in [-0.3, -0.25) is 0 Å². The summed E-state index contributed by atoms with van der Waals surface area (Å²) in [5.74, 6) is 0. The van der Waals surface area contributed by atoms with Crippen LogP contribution < -0.4 is 5.32 Å². The summed E-state index contributed by atoms with van der Waals surface area (Å²) in [7, 11) is 0. The van der Waals surface area contributed by atoms with E-state index in [4.69, 9.17) is 0 Å². The van der Waals surface area contributed by atoms with Crippen LogP contribution in [0.4, 0.5) is 0 Å². The smallest absolute Gasteiger partial charge is 0.156 e. The number of thiazole rings is 1. The molecule has 0 aromatic carbocycles. The average molecular weight is 279 g/mol. The largest absolute Gasteiger partial charge is 0.308 e. The molecule has 0 aliphatic carbocycles. The van der Waals surface area contributed by atoms with Gasteiger partial charge in [-0.05, 0) is 44.2 Å². The van der Waals surface area contributed by atoms with E-state index in [9.17, 15) is 0 Å². The van der Waals surface area contributed by atoms with Crippen LogP contribution in [0.1, 0.15) is 26.3 Å². The maximum Gasteiger partial charge on any atom is 0.156 e. The quantitative estimate of drug-likeness (QED) is 0.928. The van der Waals surface area contributed by atoms with Crippen LogP contribution in [-0.4, -0.2) is 15.5 Å². The Morgan fingerprint density at radius 2 is 2.11 bits per heavy atom. The molecule has 0 saturated carbocycles. The minimum atomic E-state index is 0.110. The van der Waals surface area contributed by atoms with Crippen molar-refractivity contribution in [1.29, 1.82) is 0 Å². The van der Waals surface area contributed by atoms with Gasteiger partial charge in [-0.15, -0.1) is 11.3 Å². The van der Waals surface area contributed by atoms with Gasteiger partial charge in [0.2, 0.25) is 0 Å². The molecule has 0 unspecified atom stereocenters. The van der Waals surface area contributed by atoms with Gasteiger partial charge in [0, 0.05) is 29.9 Å². The van der Waals surface area contributed by atoms with Crippen LogP contribution in [0.25, 0.3) is 0 Å². The Hall–Kier alpha value is -0.910. The lowest BCUT2D eigenvalue weighted by atomic mass is 10.1. The molecule has 0 spiro atoms. The standard InChI is InChI=1S/C13H17N3S2/c1-13(2,3)16-9-10-5-4-6-14-11(10)18-12-15-7-8-17-12/h4-8,16H,9H2,1-3H3. The van der Waals surface area contributed by atoms with Crippen molar-refractivity contribution < 1.29 is 0 Å². The van der Waals surface area contributed by atoms with Gasteiger partial charge in [0.25, 0.3) is 0 Å². The first-order chi connectivity index (χ1) is 8.54. The number of rotatable bonds is 4. The third kappa shape index (κ3) is 4.08. The lowest BCUT2D eigenvalue weighted by Gasteiger charge is -2.21. The average Bonchev–Trinajstić information content (AvgIpc) is 2.80. The van der Waals surface area contributed by atoms with Gasteiger partial charge < -0.3 is 5.32 Å². The Balaban J connectivity index is 2.10. The molecule has 0 fully saturated rings. The summed E-state index contributed by atoms with van der Waals surface area (Å²) >= 11 is 3.27. The van der Waals surface area contributed by atoms with Crippen molar-refractivity contribution in [2.45, 2.75) is 42.2 Å². The SMILES string of the molecule is CC(C)(C)NCc1cccnc1Sc1nccs1. The molecule has 0 aliphatic heterocycles. The number of hydrogen-bond donors (Lipinski definition) is 1. The molecule has 0 saturated heterocycles. The lowest BCUT2D eigenvalue weighted by Crippen LogP contribution is -2.35. The second kappa shape index (κ2) is 5.82. The number of nitrogens with one attached hydrogen (secondary N) is 1. The zero-order valence-corrected chi connectivity index (χ0v) is 12.4. The molecular formula is C13H17N3S2. The van der Waals surface area contributed by atoms with E-state index < -0.39 is 0 Å². The molecule has 5 heteroatoms. The predicted molar refractivity (Wildman–Crippen MR) is 77.1 cm³/mol. The normalized spacial score (nSPS) is 11.7. The van der Waals surface area contributed by atoms with E-state index in [0.717, 1.165) is 15.9 Å². The van der Waals surface area contributed by atoms with Crippen molar-refractivity contribution in [1.82, 2.24) is 15.3 Å². The molecule has 0 aliphatic rings. The highest BCUT2D eigenvalue weighted by molar-refractivity contribution is 8.01. The zero-order valence-electron chi connectivity index (χ0n) is 10.8. The van der Waals surface area contributed by atoms with Crippen LogP contribution in [0.15, 0.2) is 39.3 Å². The Kier molecular flexibility index (Phi) is 4.37. The summed E-state index contributed by atoms with van der Waals surface area (Å²) in [6, 6.07) is 4.09. The third-order valence-electron chi connectivity index (χ3n) is 2.25. The van der Waals surface area contributed by atoms with E-state index in [1.54, 1.807) is 23.1 Å². The van der Waals surface area contributed by atoms with Gasteiger partial charge in [-0.2, -0.15) is 0 Å². The molecule has 0 radical (unpaired) electrons. The van der Waals surface area contributed by atoms with Gasteiger partial charge in [-0.25, -0.2) is 9.97 Å². The number of hydrogen-bond acceptors (Lipinski definition) is 5. The number of aromatic nitrogens is 2. The third-order valence-corrected chi connectivity index (χ3v) is 4.20. The Morgan fingerprint density at radius 3 is 2.78 bits per heavy atom. The van der Waals surface area contributed by atoms with Crippen molar-refractivity contribution >= 4 is 23.1 Å². The summed E-state index contributed by atoms with van der Waals surface area (Å²) < 4.78 is 1.03. The molecule has 96 valence electrons. The van der Waals surface area contributed by atoms with Gasteiger partial charge in [0.15, 0.2) is 4.34 Å². The topological polar surface area (TPSA) is 37.8 Å². The second-order valence-corrected chi connectivity index (χ2v) is 7.10. The van der Waals surface area contributed by atoms with Gasteiger partial charge in [0.05, 0.1) is 0 Å². The minimum Gasteiger partial charge on any atom is -0.308 e.